The molecule has 0 fully saturated rings. The predicted molar refractivity (Wildman–Crippen MR) is 68.7 cm³/mol. The Morgan fingerprint density at radius 3 is 2.26 bits per heavy atom. The lowest BCUT2D eigenvalue weighted by Gasteiger charge is -2.10. The second-order valence-corrected chi connectivity index (χ2v) is 3.88. The highest BCUT2D eigenvalue weighted by Crippen LogP contribution is 2.37. The summed E-state index contributed by atoms with van der Waals surface area (Å²) >= 11 is 0. The highest BCUT2D eigenvalue weighted by molar-refractivity contribution is 5.88. The zero-order valence-corrected chi connectivity index (χ0v) is 10.9. The molecule has 0 aliphatic carbocycles. The monoisotopic (exact) mass is 262 g/mol. The van der Waals surface area contributed by atoms with E-state index in [2.05, 4.69) is 5.10 Å². The number of aromatic carboxylic acids is 1. The van der Waals surface area contributed by atoms with E-state index in [9.17, 15) is 4.79 Å². The second kappa shape index (κ2) is 5.01. The first-order valence-electron chi connectivity index (χ1n) is 5.57. The maximum Gasteiger partial charge on any atom is 0.354 e. The van der Waals surface area contributed by atoms with Gasteiger partial charge in [0.05, 0.1) is 19.8 Å². The maximum absolute atomic E-state index is 11.1. The van der Waals surface area contributed by atoms with Crippen LogP contribution in [0.15, 0.2) is 24.3 Å². The Morgan fingerprint density at radius 2 is 1.84 bits per heavy atom. The first-order chi connectivity index (χ1) is 9.08. The van der Waals surface area contributed by atoms with Crippen LogP contribution in [0.25, 0.3) is 11.3 Å². The van der Waals surface area contributed by atoms with E-state index in [1.165, 1.54) is 10.7 Å². The van der Waals surface area contributed by atoms with Crippen LogP contribution in [0.4, 0.5) is 0 Å². The Bertz CT molecular complexity index is 597. The van der Waals surface area contributed by atoms with E-state index in [0.717, 1.165) is 0 Å². The molecular weight excluding hydrogens is 248 g/mol. The van der Waals surface area contributed by atoms with Crippen molar-refractivity contribution in [1.29, 1.82) is 0 Å². The van der Waals surface area contributed by atoms with Crippen molar-refractivity contribution >= 4 is 5.97 Å². The summed E-state index contributed by atoms with van der Waals surface area (Å²) in [6, 6.07) is 6.82. The number of ether oxygens (including phenoxy) is 2. The van der Waals surface area contributed by atoms with E-state index >= 15 is 0 Å². The summed E-state index contributed by atoms with van der Waals surface area (Å²) < 4.78 is 11.9. The third-order valence-electron chi connectivity index (χ3n) is 2.78. The van der Waals surface area contributed by atoms with Crippen LogP contribution in [0.3, 0.4) is 0 Å². The summed E-state index contributed by atoms with van der Waals surface area (Å²) in [5, 5.41) is 13.3. The Kier molecular flexibility index (Phi) is 3.41. The molecular formula is C13H14N2O4. The number of aromatic nitrogens is 2. The number of carbonyl (C=O) groups is 1. The fourth-order valence-corrected chi connectivity index (χ4v) is 1.89. The van der Waals surface area contributed by atoms with E-state index < -0.39 is 5.97 Å². The third kappa shape index (κ3) is 2.24. The number of hydrogen-bond donors (Lipinski definition) is 1. The Hall–Kier alpha value is -2.50. The summed E-state index contributed by atoms with van der Waals surface area (Å²) in [6.45, 7) is 0. The summed E-state index contributed by atoms with van der Waals surface area (Å²) in [4.78, 5) is 11.1. The van der Waals surface area contributed by atoms with Crippen LogP contribution in [0, 0.1) is 0 Å². The van der Waals surface area contributed by atoms with E-state index in [-0.39, 0.29) is 5.69 Å². The van der Waals surface area contributed by atoms with Gasteiger partial charge in [0.25, 0.3) is 0 Å². The molecule has 1 aromatic heterocycles. The summed E-state index contributed by atoms with van der Waals surface area (Å²) in [5.41, 5.74) is 1.23. The van der Waals surface area contributed by atoms with Gasteiger partial charge in [0.15, 0.2) is 0 Å². The molecule has 2 aromatic rings. The van der Waals surface area contributed by atoms with Gasteiger partial charge in [-0.1, -0.05) is 6.07 Å². The van der Waals surface area contributed by atoms with E-state index in [4.69, 9.17) is 14.6 Å². The number of aryl methyl sites for hydroxylation is 1. The molecule has 0 radical (unpaired) electrons. The number of hydrogen-bond acceptors (Lipinski definition) is 4. The molecule has 0 saturated carbocycles. The lowest BCUT2D eigenvalue weighted by Crippen LogP contribution is -2.04. The molecule has 1 heterocycles. The number of carboxylic acid groups (broad SMARTS) is 1. The van der Waals surface area contributed by atoms with Crippen molar-refractivity contribution in [2.45, 2.75) is 0 Å². The molecule has 0 amide bonds. The van der Waals surface area contributed by atoms with Crippen molar-refractivity contribution in [3.63, 3.8) is 0 Å². The van der Waals surface area contributed by atoms with Crippen molar-refractivity contribution in [3.05, 3.63) is 30.0 Å². The number of nitrogens with zero attached hydrogens (tertiary/aromatic N) is 2. The molecule has 19 heavy (non-hydrogen) atoms. The fraction of sp³-hybridized carbons (Fsp3) is 0.231. The second-order valence-electron chi connectivity index (χ2n) is 3.88. The minimum absolute atomic E-state index is 0.1000. The number of methoxy groups -OCH3 is 2. The normalized spacial score (nSPS) is 10.3. The van der Waals surface area contributed by atoms with Gasteiger partial charge < -0.3 is 14.6 Å². The van der Waals surface area contributed by atoms with Crippen LogP contribution in [-0.4, -0.2) is 35.1 Å². The largest absolute Gasteiger partial charge is 0.496 e. The van der Waals surface area contributed by atoms with Crippen molar-refractivity contribution in [1.82, 2.24) is 9.78 Å². The minimum Gasteiger partial charge on any atom is -0.496 e. The van der Waals surface area contributed by atoms with Crippen LogP contribution in [0.1, 0.15) is 10.5 Å². The number of benzene rings is 1. The zero-order valence-electron chi connectivity index (χ0n) is 10.9. The molecule has 6 heteroatoms. The van der Waals surface area contributed by atoms with E-state index in [1.807, 2.05) is 0 Å². The Labute approximate surface area is 110 Å². The highest BCUT2D eigenvalue weighted by atomic mass is 16.5. The molecule has 0 atom stereocenters. The van der Waals surface area contributed by atoms with Crippen molar-refractivity contribution in [2.24, 2.45) is 7.05 Å². The van der Waals surface area contributed by atoms with Crippen molar-refractivity contribution in [2.75, 3.05) is 14.2 Å². The van der Waals surface area contributed by atoms with Crippen molar-refractivity contribution < 1.29 is 19.4 Å². The zero-order chi connectivity index (χ0) is 14.0. The third-order valence-corrected chi connectivity index (χ3v) is 2.78. The molecule has 0 bridgehead atoms. The van der Waals surface area contributed by atoms with Crippen LogP contribution in [-0.2, 0) is 7.05 Å². The van der Waals surface area contributed by atoms with Crippen LogP contribution in [0.5, 0.6) is 11.5 Å². The predicted octanol–water partition coefficient (Wildman–Crippen LogP) is 1.80. The quantitative estimate of drug-likeness (QED) is 0.909. The lowest BCUT2D eigenvalue weighted by atomic mass is 10.1. The van der Waals surface area contributed by atoms with Crippen LogP contribution in [0.2, 0.25) is 0 Å². The summed E-state index contributed by atoms with van der Waals surface area (Å²) in [6.07, 6.45) is 0. The maximum atomic E-state index is 11.1. The molecule has 0 spiro atoms. The average Bonchev–Trinajstić information content (AvgIpc) is 2.79. The van der Waals surface area contributed by atoms with Crippen LogP contribution < -0.4 is 9.47 Å². The van der Waals surface area contributed by atoms with Crippen molar-refractivity contribution in [3.8, 4) is 22.8 Å². The molecule has 0 unspecified atom stereocenters. The van der Waals surface area contributed by atoms with Gasteiger partial charge in [0, 0.05) is 7.05 Å². The van der Waals surface area contributed by atoms with E-state index in [0.29, 0.717) is 22.8 Å². The summed E-state index contributed by atoms with van der Waals surface area (Å²) in [7, 11) is 4.66. The molecule has 100 valence electrons. The number of carboxylic acids is 1. The SMILES string of the molecule is COc1cccc(OC)c1-c1cc(C(=O)O)n(C)n1. The molecule has 1 aromatic carbocycles. The summed E-state index contributed by atoms with van der Waals surface area (Å²) in [5.74, 6) is 0.124. The number of rotatable bonds is 4. The van der Waals surface area contributed by atoms with Gasteiger partial charge in [-0.25, -0.2) is 4.79 Å². The fourth-order valence-electron chi connectivity index (χ4n) is 1.89. The van der Waals surface area contributed by atoms with Gasteiger partial charge in [0.1, 0.15) is 22.9 Å². The molecule has 0 aliphatic rings. The van der Waals surface area contributed by atoms with Crippen LogP contribution >= 0.6 is 0 Å². The first-order valence-corrected chi connectivity index (χ1v) is 5.57. The van der Waals surface area contributed by atoms with Gasteiger partial charge in [-0.05, 0) is 18.2 Å². The molecule has 6 nitrogen and oxygen atoms in total. The molecule has 2 rings (SSSR count). The average molecular weight is 262 g/mol. The Balaban J connectivity index is 2.64. The standard InChI is InChI=1S/C13H14N2O4/c1-15-9(13(16)17)7-8(14-15)12-10(18-2)5-4-6-11(12)19-3/h4-7H,1-3H3,(H,16,17). The van der Waals surface area contributed by atoms with Gasteiger partial charge in [-0.15, -0.1) is 0 Å². The first kappa shape index (κ1) is 12.9. The Morgan fingerprint density at radius 1 is 1.26 bits per heavy atom. The van der Waals surface area contributed by atoms with Gasteiger partial charge >= 0.3 is 5.97 Å². The van der Waals surface area contributed by atoms with Gasteiger partial charge in [-0.3, -0.25) is 4.68 Å². The molecule has 1 N–H and O–H groups in total. The molecule has 0 saturated heterocycles. The van der Waals surface area contributed by atoms with Gasteiger partial charge in [0.2, 0.25) is 0 Å². The lowest BCUT2D eigenvalue weighted by molar-refractivity contribution is 0.0685. The molecule has 0 aliphatic heterocycles. The smallest absolute Gasteiger partial charge is 0.354 e. The highest BCUT2D eigenvalue weighted by Gasteiger charge is 2.19. The van der Waals surface area contributed by atoms with E-state index in [1.54, 1.807) is 39.5 Å². The topological polar surface area (TPSA) is 73.6 Å². The minimum atomic E-state index is -1.03. The van der Waals surface area contributed by atoms with Gasteiger partial charge in [-0.2, -0.15) is 5.10 Å².